The lowest BCUT2D eigenvalue weighted by Crippen LogP contribution is -2.26. The number of allylic oxidation sites excluding steroid dienone is 1. The van der Waals surface area contributed by atoms with Crippen LogP contribution in [0.15, 0.2) is 23.9 Å². The molecule has 1 amide bonds. The second-order valence-electron chi connectivity index (χ2n) is 5.70. The van der Waals surface area contributed by atoms with E-state index in [9.17, 15) is 4.79 Å². The third kappa shape index (κ3) is 1.96. The molecule has 4 nitrogen and oxygen atoms in total. The van der Waals surface area contributed by atoms with E-state index >= 15 is 0 Å². The van der Waals surface area contributed by atoms with Crippen molar-refractivity contribution in [2.24, 2.45) is 0 Å². The summed E-state index contributed by atoms with van der Waals surface area (Å²) in [6.45, 7) is 0.971. The van der Waals surface area contributed by atoms with E-state index in [-0.39, 0.29) is 5.91 Å². The molecule has 4 heteroatoms. The second kappa shape index (κ2) is 4.85. The van der Waals surface area contributed by atoms with E-state index in [0.717, 1.165) is 47.6 Å². The average Bonchev–Trinajstić information content (AvgIpc) is 2.71. The molecule has 1 aromatic rings. The molecular weight excluding hydrogens is 250 g/mol. The Labute approximate surface area is 120 Å². The summed E-state index contributed by atoms with van der Waals surface area (Å²) < 4.78 is 0. The Morgan fingerprint density at radius 2 is 2.05 bits per heavy atom. The van der Waals surface area contributed by atoms with E-state index in [1.165, 1.54) is 6.42 Å². The number of benzene rings is 1. The third-order valence-corrected chi connectivity index (χ3v) is 4.14. The second-order valence-corrected chi connectivity index (χ2v) is 5.70. The smallest absolute Gasteiger partial charge is 0.260 e. The molecule has 0 bridgehead atoms. The molecule has 1 fully saturated rings. The van der Waals surface area contributed by atoms with Crippen molar-refractivity contribution in [3.63, 3.8) is 0 Å². The quantitative estimate of drug-likeness (QED) is 0.796. The maximum atomic E-state index is 12.6. The summed E-state index contributed by atoms with van der Waals surface area (Å²) >= 11 is 0. The largest absolute Gasteiger partial charge is 0.388 e. The predicted octanol–water partition coefficient (Wildman–Crippen LogP) is 2.21. The first-order chi connectivity index (χ1) is 9.59. The summed E-state index contributed by atoms with van der Waals surface area (Å²) in [5.74, 6) is 0.111. The molecule has 0 radical (unpaired) electrons. The Morgan fingerprint density at radius 1 is 1.25 bits per heavy atom. The first-order valence-electron chi connectivity index (χ1n) is 7.16. The Bertz CT molecular complexity index is 581. The van der Waals surface area contributed by atoms with E-state index < -0.39 is 0 Å². The van der Waals surface area contributed by atoms with Crippen molar-refractivity contribution in [1.29, 1.82) is 0 Å². The van der Waals surface area contributed by atoms with Gasteiger partial charge in [-0.1, -0.05) is 0 Å². The number of nitrogens with zero attached hydrogens (tertiary/aromatic N) is 2. The van der Waals surface area contributed by atoms with Gasteiger partial charge in [0.15, 0.2) is 0 Å². The summed E-state index contributed by atoms with van der Waals surface area (Å²) in [7, 11) is 5.90. The van der Waals surface area contributed by atoms with Crippen molar-refractivity contribution < 1.29 is 4.79 Å². The van der Waals surface area contributed by atoms with Crippen molar-refractivity contribution in [3.8, 4) is 0 Å². The molecule has 3 rings (SSSR count). The predicted molar refractivity (Wildman–Crippen MR) is 83.0 cm³/mol. The molecule has 1 aromatic carbocycles. The molecule has 106 valence electrons. The number of carbonyl (C=O) groups is 1. The SMILES string of the molecule is CN(C)c1ccc2c(c1)/C(=C1\CCCCN1)C(=O)N2C. The molecule has 2 aliphatic rings. The Hall–Kier alpha value is -1.97. The molecule has 20 heavy (non-hydrogen) atoms. The molecule has 2 aliphatic heterocycles. The van der Waals surface area contributed by atoms with Gasteiger partial charge < -0.3 is 15.1 Å². The highest BCUT2D eigenvalue weighted by atomic mass is 16.2. The highest BCUT2D eigenvalue weighted by molar-refractivity contribution is 6.33. The highest BCUT2D eigenvalue weighted by Crippen LogP contribution is 2.40. The van der Waals surface area contributed by atoms with Gasteiger partial charge in [-0.25, -0.2) is 0 Å². The summed E-state index contributed by atoms with van der Waals surface area (Å²) in [5.41, 5.74) is 5.18. The van der Waals surface area contributed by atoms with Gasteiger partial charge >= 0.3 is 0 Å². The van der Waals surface area contributed by atoms with Crippen LogP contribution in [0, 0.1) is 0 Å². The maximum Gasteiger partial charge on any atom is 0.260 e. The number of amides is 1. The number of hydrogen-bond acceptors (Lipinski definition) is 3. The zero-order valence-corrected chi connectivity index (χ0v) is 12.4. The van der Waals surface area contributed by atoms with Crippen LogP contribution in [0.3, 0.4) is 0 Å². The van der Waals surface area contributed by atoms with Crippen LogP contribution in [0.5, 0.6) is 0 Å². The van der Waals surface area contributed by atoms with Gasteiger partial charge in [0.25, 0.3) is 5.91 Å². The van der Waals surface area contributed by atoms with Crippen LogP contribution in [0.4, 0.5) is 11.4 Å². The molecule has 1 N–H and O–H groups in total. The summed E-state index contributed by atoms with van der Waals surface area (Å²) in [4.78, 5) is 16.4. The van der Waals surface area contributed by atoms with Gasteiger partial charge in [0.05, 0.1) is 11.3 Å². The summed E-state index contributed by atoms with van der Waals surface area (Å²) in [6.07, 6.45) is 3.32. The normalized spacial score (nSPS) is 21.8. The number of likely N-dealkylation sites (N-methyl/N-ethyl adjacent to an activating group) is 1. The Kier molecular flexibility index (Phi) is 3.16. The number of carbonyl (C=O) groups excluding carboxylic acids is 1. The lowest BCUT2D eigenvalue weighted by Gasteiger charge is -2.19. The lowest BCUT2D eigenvalue weighted by molar-refractivity contribution is -0.112. The molecule has 0 atom stereocenters. The third-order valence-electron chi connectivity index (χ3n) is 4.14. The molecule has 0 saturated carbocycles. The van der Waals surface area contributed by atoms with Crippen molar-refractivity contribution in [1.82, 2.24) is 5.32 Å². The van der Waals surface area contributed by atoms with Crippen LogP contribution in [0.1, 0.15) is 24.8 Å². The first-order valence-corrected chi connectivity index (χ1v) is 7.16. The lowest BCUT2D eigenvalue weighted by atomic mass is 9.99. The number of piperidine rings is 1. The van der Waals surface area contributed by atoms with Crippen LogP contribution < -0.4 is 15.1 Å². The minimum absolute atomic E-state index is 0.111. The number of fused-ring (bicyclic) bond motifs is 1. The van der Waals surface area contributed by atoms with Gasteiger partial charge in [-0.2, -0.15) is 0 Å². The minimum Gasteiger partial charge on any atom is -0.388 e. The first kappa shape index (κ1) is 13.0. The van der Waals surface area contributed by atoms with Gasteiger partial charge in [0.2, 0.25) is 0 Å². The number of anilines is 2. The van der Waals surface area contributed by atoms with E-state index in [0.29, 0.717) is 0 Å². The number of hydrogen-bond donors (Lipinski definition) is 1. The van der Waals surface area contributed by atoms with E-state index in [4.69, 9.17) is 0 Å². The molecule has 1 saturated heterocycles. The van der Waals surface area contributed by atoms with E-state index in [1.807, 2.05) is 27.2 Å². The fourth-order valence-corrected chi connectivity index (χ4v) is 2.95. The van der Waals surface area contributed by atoms with Gasteiger partial charge in [-0.3, -0.25) is 4.79 Å². The molecule has 0 unspecified atom stereocenters. The summed E-state index contributed by atoms with van der Waals surface area (Å²) in [6, 6.07) is 6.22. The van der Waals surface area contributed by atoms with Crippen LogP contribution in [0.2, 0.25) is 0 Å². The average molecular weight is 271 g/mol. The van der Waals surface area contributed by atoms with Crippen LogP contribution in [-0.2, 0) is 4.79 Å². The number of rotatable bonds is 1. The molecule has 0 aromatic heterocycles. The van der Waals surface area contributed by atoms with Crippen LogP contribution in [-0.4, -0.2) is 33.6 Å². The zero-order chi connectivity index (χ0) is 14.3. The van der Waals surface area contributed by atoms with E-state index in [1.54, 1.807) is 4.90 Å². The van der Waals surface area contributed by atoms with Crippen LogP contribution in [0.25, 0.3) is 5.57 Å². The van der Waals surface area contributed by atoms with Crippen molar-refractivity contribution in [2.75, 3.05) is 37.5 Å². The van der Waals surface area contributed by atoms with Crippen LogP contribution >= 0.6 is 0 Å². The van der Waals surface area contributed by atoms with E-state index in [2.05, 4.69) is 22.3 Å². The topological polar surface area (TPSA) is 35.6 Å². The van der Waals surface area contributed by atoms with Gasteiger partial charge in [-0.05, 0) is 37.5 Å². The minimum atomic E-state index is 0.111. The standard InChI is InChI=1S/C16H21N3O/c1-18(2)11-7-8-14-12(10-11)15(16(20)19(14)3)13-6-4-5-9-17-13/h7-8,10,17H,4-6,9H2,1-3H3/b15-13-. The highest BCUT2D eigenvalue weighted by Gasteiger charge is 2.33. The van der Waals surface area contributed by atoms with Gasteiger partial charge in [0, 0.05) is 44.6 Å². The molecule has 2 heterocycles. The fraction of sp³-hybridized carbons (Fsp3) is 0.438. The van der Waals surface area contributed by atoms with Crippen molar-refractivity contribution in [2.45, 2.75) is 19.3 Å². The van der Waals surface area contributed by atoms with Gasteiger partial charge in [0.1, 0.15) is 0 Å². The number of nitrogens with one attached hydrogen (secondary N) is 1. The van der Waals surface area contributed by atoms with Crippen molar-refractivity contribution >= 4 is 22.9 Å². The van der Waals surface area contributed by atoms with Gasteiger partial charge in [-0.15, -0.1) is 0 Å². The monoisotopic (exact) mass is 271 g/mol. The zero-order valence-electron chi connectivity index (χ0n) is 12.4. The maximum absolute atomic E-state index is 12.6. The molecule has 0 spiro atoms. The fourth-order valence-electron chi connectivity index (χ4n) is 2.95. The summed E-state index contributed by atoms with van der Waals surface area (Å²) in [5, 5.41) is 3.42. The molecule has 0 aliphatic carbocycles. The van der Waals surface area contributed by atoms with Crippen molar-refractivity contribution in [3.05, 3.63) is 29.5 Å². The molecular formula is C16H21N3O. The Balaban J connectivity index is 2.14. The Morgan fingerprint density at radius 3 is 2.70 bits per heavy atom.